The summed E-state index contributed by atoms with van der Waals surface area (Å²) >= 11 is 0. The van der Waals surface area contributed by atoms with Crippen molar-refractivity contribution in [3.63, 3.8) is 0 Å². The zero-order valence-corrected chi connectivity index (χ0v) is 29.6. The molecule has 12 heteroatoms. The highest BCUT2D eigenvalue weighted by molar-refractivity contribution is 6.04. The SMILES string of the molecule is COc1c(C)c(O)c(Cc2c(O)c(Cc3c(O)c(C)c(OC)c(CCCC=O)c3O)c(O)c(C(=O)C3CCCCC3)c2O)c(O)c1CCCC=O. The number of ether oxygens (including phenoxy) is 2. The van der Waals surface area contributed by atoms with Crippen molar-refractivity contribution in [2.24, 2.45) is 5.92 Å². The molecular weight excluding hydrogens is 660 g/mol. The molecule has 4 rings (SSSR count). The van der Waals surface area contributed by atoms with Gasteiger partial charge in [-0.2, -0.15) is 0 Å². The summed E-state index contributed by atoms with van der Waals surface area (Å²) in [6.45, 7) is 3.12. The number of benzene rings is 3. The summed E-state index contributed by atoms with van der Waals surface area (Å²) in [6.07, 6.45) is 5.55. The number of carbonyl (C=O) groups excluding carboxylic acids is 3. The van der Waals surface area contributed by atoms with Gasteiger partial charge in [0, 0.05) is 76.1 Å². The highest BCUT2D eigenvalue weighted by Gasteiger charge is 2.35. The maximum absolute atomic E-state index is 14.0. The number of carbonyl (C=O) groups is 3. The van der Waals surface area contributed by atoms with Crippen molar-refractivity contribution in [3.8, 4) is 51.7 Å². The second kappa shape index (κ2) is 16.7. The zero-order valence-electron chi connectivity index (χ0n) is 29.6. The second-order valence-corrected chi connectivity index (χ2v) is 13.2. The fraction of sp³-hybridized carbons (Fsp3) is 0.462. The molecule has 0 heterocycles. The third-order valence-electron chi connectivity index (χ3n) is 10.1. The van der Waals surface area contributed by atoms with Gasteiger partial charge in [0.2, 0.25) is 0 Å². The molecule has 0 bridgehead atoms. The van der Waals surface area contributed by atoms with Gasteiger partial charge in [0.25, 0.3) is 0 Å². The summed E-state index contributed by atoms with van der Waals surface area (Å²) in [5, 5.41) is 80.6. The number of Topliss-reactive ketones (excluding diaryl/α,β-unsaturated/α-hetero) is 1. The summed E-state index contributed by atoms with van der Waals surface area (Å²) in [6, 6.07) is 0. The first-order valence-corrected chi connectivity index (χ1v) is 17.3. The quantitative estimate of drug-likeness (QED) is 0.0500. The minimum Gasteiger partial charge on any atom is -0.507 e. The van der Waals surface area contributed by atoms with Crippen LogP contribution in [0.5, 0.6) is 51.7 Å². The van der Waals surface area contributed by atoms with Crippen molar-refractivity contribution in [1.82, 2.24) is 0 Å². The number of phenols is 7. The summed E-state index contributed by atoms with van der Waals surface area (Å²) in [7, 11) is 2.74. The monoisotopic (exact) mass is 708 g/mol. The Morgan fingerprint density at radius 2 is 0.961 bits per heavy atom. The summed E-state index contributed by atoms with van der Waals surface area (Å²) in [5.74, 6) is -4.37. The molecule has 0 aliphatic heterocycles. The van der Waals surface area contributed by atoms with Crippen molar-refractivity contribution in [1.29, 1.82) is 0 Å². The van der Waals surface area contributed by atoms with E-state index in [1.54, 1.807) is 13.8 Å². The van der Waals surface area contributed by atoms with Crippen LogP contribution in [0.2, 0.25) is 0 Å². The fourth-order valence-electron chi connectivity index (χ4n) is 7.31. The molecule has 51 heavy (non-hydrogen) atoms. The molecular formula is C39H48O12. The van der Waals surface area contributed by atoms with E-state index in [4.69, 9.17) is 9.47 Å². The molecule has 7 N–H and O–H groups in total. The Bertz CT molecular complexity index is 1690. The van der Waals surface area contributed by atoms with E-state index in [2.05, 4.69) is 0 Å². The van der Waals surface area contributed by atoms with E-state index >= 15 is 0 Å². The van der Waals surface area contributed by atoms with Gasteiger partial charge in [-0.15, -0.1) is 0 Å². The Morgan fingerprint density at radius 1 is 0.588 bits per heavy atom. The molecule has 0 amide bonds. The van der Waals surface area contributed by atoms with Crippen LogP contribution in [-0.4, -0.2) is 68.3 Å². The number of unbranched alkanes of at least 4 members (excludes halogenated alkanes) is 2. The number of hydrogen-bond acceptors (Lipinski definition) is 12. The zero-order chi connectivity index (χ0) is 37.6. The molecule has 0 radical (unpaired) electrons. The van der Waals surface area contributed by atoms with Crippen LogP contribution in [0.25, 0.3) is 0 Å². The first-order valence-electron chi connectivity index (χ1n) is 17.3. The molecule has 12 nitrogen and oxygen atoms in total. The number of methoxy groups -OCH3 is 2. The number of hydrogen-bond donors (Lipinski definition) is 7. The summed E-state index contributed by atoms with van der Waals surface area (Å²) < 4.78 is 10.9. The molecule has 276 valence electrons. The Labute approximate surface area is 296 Å². The number of aldehydes is 2. The van der Waals surface area contributed by atoms with Crippen LogP contribution in [0, 0.1) is 19.8 Å². The van der Waals surface area contributed by atoms with E-state index in [0.29, 0.717) is 36.8 Å². The fourth-order valence-corrected chi connectivity index (χ4v) is 7.31. The van der Waals surface area contributed by atoms with Crippen molar-refractivity contribution in [2.45, 2.75) is 97.3 Å². The lowest BCUT2D eigenvalue weighted by Gasteiger charge is -2.25. The third-order valence-corrected chi connectivity index (χ3v) is 10.1. The molecule has 1 saturated carbocycles. The van der Waals surface area contributed by atoms with Gasteiger partial charge in [-0.25, -0.2) is 0 Å². The molecule has 3 aromatic rings. The van der Waals surface area contributed by atoms with Crippen LogP contribution in [0.3, 0.4) is 0 Å². The van der Waals surface area contributed by atoms with E-state index in [9.17, 15) is 50.1 Å². The highest BCUT2D eigenvalue weighted by Crippen LogP contribution is 2.51. The van der Waals surface area contributed by atoms with Crippen molar-refractivity contribution in [3.05, 3.63) is 50.1 Å². The van der Waals surface area contributed by atoms with E-state index < -0.39 is 70.4 Å². The minimum atomic E-state index is -0.729. The lowest BCUT2D eigenvalue weighted by Crippen LogP contribution is -2.19. The maximum atomic E-state index is 14.0. The normalized spacial score (nSPS) is 13.3. The van der Waals surface area contributed by atoms with Gasteiger partial charge < -0.3 is 54.8 Å². The first kappa shape index (κ1) is 38.7. The van der Waals surface area contributed by atoms with Gasteiger partial charge in [-0.05, 0) is 52.4 Å². The van der Waals surface area contributed by atoms with Crippen LogP contribution < -0.4 is 9.47 Å². The number of aromatic hydroxyl groups is 7. The Kier molecular flexibility index (Phi) is 12.7. The summed E-state index contributed by atoms with van der Waals surface area (Å²) in [5.41, 5.74) is -0.110. The average Bonchev–Trinajstić information content (AvgIpc) is 3.12. The van der Waals surface area contributed by atoms with Gasteiger partial charge in [-0.3, -0.25) is 4.79 Å². The topological polar surface area (TPSA) is 211 Å². The molecule has 1 aliphatic carbocycles. The van der Waals surface area contributed by atoms with Crippen molar-refractivity contribution < 1.29 is 59.6 Å². The molecule has 0 unspecified atom stereocenters. The number of rotatable bonds is 16. The van der Waals surface area contributed by atoms with Gasteiger partial charge in [0.05, 0.1) is 14.2 Å². The molecule has 1 aliphatic rings. The molecule has 0 saturated heterocycles. The van der Waals surface area contributed by atoms with Gasteiger partial charge >= 0.3 is 0 Å². The molecule has 0 atom stereocenters. The molecule has 0 spiro atoms. The first-order chi connectivity index (χ1) is 24.4. The lowest BCUT2D eigenvalue weighted by molar-refractivity contribution is -0.108. The summed E-state index contributed by atoms with van der Waals surface area (Å²) in [4.78, 5) is 36.0. The van der Waals surface area contributed by atoms with Gasteiger partial charge in [0.15, 0.2) is 5.78 Å². The van der Waals surface area contributed by atoms with Crippen molar-refractivity contribution >= 4 is 18.4 Å². The highest BCUT2D eigenvalue weighted by atomic mass is 16.5. The van der Waals surface area contributed by atoms with Crippen LogP contribution in [0.15, 0.2) is 0 Å². The lowest BCUT2D eigenvalue weighted by atomic mass is 9.81. The second-order valence-electron chi connectivity index (χ2n) is 13.2. The predicted molar refractivity (Wildman–Crippen MR) is 188 cm³/mol. The smallest absolute Gasteiger partial charge is 0.173 e. The van der Waals surface area contributed by atoms with Crippen molar-refractivity contribution in [2.75, 3.05) is 14.2 Å². The standard InChI is InChI=1S/C39H48O12/c1-20-30(42)25(33(45)23(38(20)50-3)14-8-10-16-40)18-27-35(47)28(37(49)29(36(27)48)32(44)22-12-6-5-7-13-22)19-26-31(43)21(2)39(51-4)24(34(26)46)15-9-11-17-41/h16-17,22,42-43,45-49H,5-15,18-19H2,1-4H3. The predicted octanol–water partition coefficient (Wildman–Crippen LogP) is 6.25. The number of ketones is 1. The average molecular weight is 709 g/mol. The van der Waals surface area contributed by atoms with E-state index in [-0.39, 0.29) is 70.6 Å². The third kappa shape index (κ3) is 7.50. The van der Waals surface area contributed by atoms with Gasteiger partial charge in [0.1, 0.15) is 69.9 Å². The Hall–Kier alpha value is -5.13. The van der Waals surface area contributed by atoms with E-state index in [1.807, 2.05) is 0 Å². The van der Waals surface area contributed by atoms with Crippen LogP contribution >= 0.6 is 0 Å². The maximum Gasteiger partial charge on any atom is 0.173 e. The van der Waals surface area contributed by atoms with Gasteiger partial charge in [-0.1, -0.05) is 19.3 Å². The van der Waals surface area contributed by atoms with E-state index in [1.165, 1.54) is 14.2 Å². The molecule has 3 aromatic carbocycles. The largest absolute Gasteiger partial charge is 0.507 e. The van der Waals surface area contributed by atoms with Crippen LogP contribution in [0.1, 0.15) is 113 Å². The molecule has 0 aromatic heterocycles. The van der Waals surface area contributed by atoms with Crippen LogP contribution in [-0.2, 0) is 35.3 Å². The number of phenolic OH excluding ortho intramolecular Hbond substituents is 7. The Balaban J connectivity index is 1.98. The Morgan fingerprint density at radius 3 is 1.33 bits per heavy atom. The van der Waals surface area contributed by atoms with E-state index in [0.717, 1.165) is 31.8 Å². The van der Waals surface area contributed by atoms with Crippen LogP contribution in [0.4, 0.5) is 0 Å². The molecule has 1 fully saturated rings. The minimum absolute atomic E-state index is 0.101.